The average molecular weight is 435 g/mol. The molecule has 0 radical (unpaired) electrons. The molecular weight excluding hydrogens is 388 g/mol. The molecule has 0 N–H and O–H groups in total. The first-order chi connectivity index (χ1) is 13.6. The second kappa shape index (κ2) is 12.5. The van der Waals surface area contributed by atoms with E-state index in [-0.39, 0.29) is 17.1 Å². The summed E-state index contributed by atoms with van der Waals surface area (Å²) in [6.45, 7) is 26.2. The molecule has 0 aliphatic rings. The third kappa shape index (κ3) is 10.1. The van der Waals surface area contributed by atoms with Gasteiger partial charge in [0, 0.05) is 5.57 Å². The largest absolute Gasteiger partial charge is 0.463 e. The van der Waals surface area contributed by atoms with Crippen LogP contribution in [0.5, 0.6) is 0 Å². The molecule has 0 rings (SSSR count). The van der Waals surface area contributed by atoms with Crippen molar-refractivity contribution >= 4 is 14.3 Å². The van der Waals surface area contributed by atoms with E-state index in [1.165, 1.54) is 5.57 Å². The maximum Gasteiger partial charge on any atom is 0.333 e. The van der Waals surface area contributed by atoms with Gasteiger partial charge in [0.05, 0.1) is 12.7 Å². The Morgan fingerprint density at radius 3 is 1.90 bits per heavy atom. The summed E-state index contributed by atoms with van der Waals surface area (Å²) in [4.78, 5) is 11.8. The number of hydrogen-bond acceptors (Lipinski definition) is 3. The average Bonchev–Trinajstić information content (AvgIpc) is 2.57. The van der Waals surface area contributed by atoms with Gasteiger partial charge in [-0.15, -0.1) is 0 Å². The van der Waals surface area contributed by atoms with Gasteiger partial charge in [-0.1, -0.05) is 69.6 Å². The lowest BCUT2D eigenvalue weighted by Gasteiger charge is -2.40. The van der Waals surface area contributed by atoms with Crippen molar-refractivity contribution in [1.29, 1.82) is 0 Å². The molecule has 2 atom stereocenters. The predicted octanol–water partition coefficient (Wildman–Crippen LogP) is 7.77. The van der Waals surface area contributed by atoms with Gasteiger partial charge < -0.3 is 9.16 Å². The van der Waals surface area contributed by atoms with Crippen LogP contribution in [0.2, 0.25) is 18.1 Å². The summed E-state index contributed by atoms with van der Waals surface area (Å²) in [7, 11) is -1.79. The summed E-state index contributed by atoms with van der Waals surface area (Å²) >= 11 is 0. The first kappa shape index (κ1) is 28.6. The minimum absolute atomic E-state index is 0.215. The molecule has 0 unspecified atom stereocenters. The molecule has 30 heavy (non-hydrogen) atoms. The number of ether oxygens (including phenoxy) is 1. The Kier molecular flexibility index (Phi) is 11.9. The molecule has 4 heteroatoms. The topological polar surface area (TPSA) is 35.5 Å². The molecule has 0 heterocycles. The first-order valence-corrected chi connectivity index (χ1v) is 14.1. The van der Waals surface area contributed by atoms with Gasteiger partial charge in [-0.25, -0.2) is 4.79 Å². The van der Waals surface area contributed by atoms with Gasteiger partial charge in [-0.2, -0.15) is 0 Å². The molecule has 172 valence electrons. The molecular formula is C26H46O3Si. The predicted molar refractivity (Wildman–Crippen MR) is 133 cm³/mol. The number of allylic oxidation sites excluding steroid dienone is 6. The SMILES string of the molecule is CCOC(=O)/C(C)=C/C(C)=C\C(C)=C\C(C)=C\[C@@H](C)[C@@H](CC)O[Si](C)(C)C(C)(C)C. The lowest BCUT2D eigenvalue weighted by molar-refractivity contribution is -0.138. The third-order valence-corrected chi connectivity index (χ3v) is 10.2. The van der Waals surface area contributed by atoms with Crippen LogP contribution in [0.3, 0.4) is 0 Å². The van der Waals surface area contributed by atoms with Crippen molar-refractivity contribution in [2.75, 3.05) is 6.61 Å². The fraction of sp³-hybridized carbons (Fsp3) is 0.654. The number of rotatable bonds is 10. The molecule has 0 aliphatic carbocycles. The molecule has 3 nitrogen and oxygen atoms in total. The van der Waals surface area contributed by atoms with Crippen LogP contribution in [0.1, 0.15) is 75.7 Å². The van der Waals surface area contributed by atoms with E-state index in [9.17, 15) is 4.79 Å². The van der Waals surface area contributed by atoms with Gasteiger partial charge in [0.15, 0.2) is 8.32 Å². The van der Waals surface area contributed by atoms with E-state index < -0.39 is 8.32 Å². The van der Waals surface area contributed by atoms with E-state index in [1.54, 1.807) is 6.92 Å². The van der Waals surface area contributed by atoms with Gasteiger partial charge in [0.2, 0.25) is 0 Å². The summed E-state index contributed by atoms with van der Waals surface area (Å²) < 4.78 is 11.7. The van der Waals surface area contributed by atoms with Gasteiger partial charge >= 0.3 is 5.97 Å². The first-order valence-electron chi connectivity index (χ1n) is 11.2. The van der Waals surface area contributed by atoms with Gasteiger partial charge in [0.25, 0.3) is 0 Å². The Morgan fingerprint density at radius 1 is 0.933 bits per heavy atom. The van der Waals surface area contributed by atoms with Crippen LogP contribution in [0.25, 0.3) is 0 Å². The molecule has 0 spiro atoms. The Bertz CT molecular complexity index is 688. The summed E-state index contributed by atoms with van der Waals surface area (Å²) in [6, 6.07) is 0. The second-order valence-electron chi connectivity index (χ2n) is 9.92. The lowest BCUT2D eigenvalue weighted by atomic mass is 9.99. The molecule has 0 saturated carbocycles. The van der Waals surface area contributed by atoms with Crippen LogP contribution < -0.4 is 0 Å². The summed E-state index contributed by atoms with van der Waals surface area (Å²) in [5.74, 6) is 0.0910. The molecule has 0 amide bonds. The Hall–Kier alpha value is -1.39. The second-order valence-corrected chi connectivity index (χ2v) is 14.7. The number of carbonyl (C=O) groups is 1. The van der Waals surface area contributed by atoms with E-state index in [2.05, 4.69) is 79.8 Å². The van der Waals surface area contributed by atoms with Crippen molar-refractivity contribution in [3.05, 3.63) is 46.6 Å². The quantitative estimate of drug-likeness (QED) is 0.152. The monoisotopic (exact) mass is 434 g/mol. The Balaban J connectivity index is 5.35. The normalized spacial score (nSPS) is 17.1. The zero-order chi connectivity index (χ0) is 23.7. The maximum absolute atomic E-state index is 11.8. The summed E-state index contributed by atoms with van der Waals surface area (Å²) in [6.07, 6.45) is 9.71. The van der Waals surface area contributed by atoms with Crippen molar-refractivity contribution in [3.63, 3.8) is 0 Å². The highest BCUT2D eigenvalue weighted by Gasteiger charge is 2.39. The van der Waals surface area contributed by atoms with Crippen molar-refractivity contribution in [2.24, 2.45) is 5.92 Å². The van der Waals surface area contributed by atoms with Crippen LogP contribution in [-0.4, -0.2) is 27.0 Å². The van der Waals surface area contributed by atoms with Crippen molar-refractivity contribution in [1.82, 2.24) is 0 Å². The van der Waals surface area contributed by atoms with Crippen LogP contribution in [-0.2, 0) is 14.0 Å². The molecule has 0 aromatic rings. The number of esters is 1. The van der Waals surface area contributed by atoms with Gasteiger partial charge in [-0.05, 0) is 71.2 Å². The van der Waals surface area contributed by atoms with Crippen LogP contribution >= 0.6 is 0 Å². The van der Waals surface area contributed by atoms with Crippen molar-refractivity contribution in [2.45, 2.75) is 99.9 Å². The minimum atomic E-state index is -1.79. The number of carbonyl (C=O) groups excluding carboxylic acids is 1. The smallest absolute Gasteiger partial charge is 0.333 e. The van der Waals surface area contributed by atoms with Crippen LogP contribution in [0.15, 0.2) is 46.6 Å². The van der Waals surface area contributed by atoms with E-state index in [1.807, 2.05) is 19.9 Å². The van der Waals surface area contributed by atoms with Crippen molar-refractivity contribution < 1.29 is 14.0 Å². The van der Waals surface area contributed by atoms with E-state index in [4.69, 9.17) is 9.16 Å². The molecule has 0 aromatic carbocycles. The van der Waals surface area contributed by atoms with E-state index in [0.29, 0.717) is 18.1 Å². The van der Waals surface area contributed by atoms with E-state index >= 15 is 0 Å². The number of hydrogen-bond donors (Lipinski definition) is 0. The Morgan fingerprint density at radius 2 is 1.43 bits per heavy atom. The molecule has 0 aromatic heterocycles. The standard InChI is InChI=1S/C26H46O3Si/c1-13-24(29-30(11,12)26(8,9)10)22(6)17-20(4)15-19(3)16-21(5)18-23(7)25(27)28-14-2/h15-18,22,24H,13-14H2,1-12H3/b19-15+,20-17+,21-16-,23-18+/t22-,24-/m1/s1. The molecule has 0 saturated heterocycles. The third-order valence-electron chi connectivity index (χ3n) is 5.72. The molecule has 0 bridgehead atoms. The van der Waals surface area contributed by atoms with E-state index in [0.717, 1.165) is 17.6 Å². The minimum Gasteiger partial charge on any atom is -0.463 e. The fourth-order valence-electron chi connectivity index (χ4n) is 3.13. The highest BCUT2D eigenvalue weighted by Crippen LogP contribution is 2.38. The highest BCUT2D eigenvalue weighted by atomic mass is 28.4. The van der Waals surface area contributed by atoms with Crippen LogP contribution in [0.4, 0.5) is 0 Å². The van der Waals surface area contributed by atoms with Gasteiger partial charge in [-0.3, -0.25) is 0 Å². The maximum atomic E-state index is 11.8. The summed E-state index contributed by atoms with van der Waals surface area (Å²) in [5.41, 5.74) is 4.03. The Labute approximate surface area is 187 Å². The van der Waals surface area contributed by atoms with Crippen molar-refractivity contribution in [3.8, 4) is 0 Å². The fourth-order valence-corrected chi connectivity index (χ4v) is 4.63. The zero-order valence-corrected chi connectivity index (χ0v) is 22.6. The van der Waals surface area contributed by atoms with Crippen LogP contribution in [0, 0.1) is 5.92 Å². The molecule has 0 aliphatic heterocycles. The lowest BCUT2D eigenvalue weighted by Crippen LogP contribution is -2.45. The zero-order valence-electron chi connectivity index (χ0n) is 21.6. The molecule has 0 fully saturated rings. The highest BCUT2D eigenvalue weighted by molar-refractivity contribution is 6.74. The summed E-state index contributed by atoms with van der Waals surface area (Å²) in [5, 5.41) is 0.215. The van der Waals surface area contributed by atoms with Gasteiger partial charge in [0.1, 0.15) is 0 Å².